The highest BCUT2D eigenvalue weighted by Crippen LogP contribution is 2.26. The Kier molecular flexibility index (Phi) is 8.33. The normalized spacial score (nSPS) is 11.1. The summed E-state index contributed by atoms with van der Waals surface area (Å²) in [5, 5.41) is 12.4. The highest BCUT2D eigenvalue weighted by molar-refractivity contribution is 7.99. The lowest BCUT2D eigenvalue weighted by molar-refractivity contribution is -0.113. The van der Waals surface area contributed by atoms with Crippen molar-refractivity contribution in [3.05, 3.63) is 53.6 Å². The van der Waals surface area contributed by atoms with Crippen molar-refractivity contribution in [2.75, 3.05) is 17.7 Å². The molecule has 1 heterocycles. The highest BCUT2D eigenvalue weighted by Gasteiger charge is 2.15. The fraction of sp³-hybridized carbons (Fsp3) is 0.400. The molecule has 0 radical (unpaired) electrons. The first kappa shape index (κ1) is 23.9. The number of nitrogens with zero attached hydrogens (tertiary/aromatic N) is 3. The summed E-state index contributed by atoms with van der Waals surface area (Å²) in [6.07, 6.45) is 1.76. The zero-order chi connectivity index (χ0) is 23.1. The lowest BCUT2D eigenvalue weighted by Gasteiger charge is -2.14. The third-order valence-corrected chi connectivity index (χ3v) is 6.15. The SMILES string of the molecule is CCc1cccc(CC)c1NC(=O)CSc1nnc(-c2ccc(OCC(C)C)cc2)n1C. The minimum atomic E-state index is -0.0400. The zero-order valence-corrected chi connectivity index (χ0v) is 20.3. The van der Waals surface area contributed by atoms with Crippen LogP contribution < -0.4 is 10.1 Å². The van der Waals surface area contributed by atoms with Crippen LogP contribution in [0.25, 0.3) is 11.4 Å². The monoisotopic (exact) mass is 452 g/mol. The fourth-order valence-corrected chi connectivity index (χ4v) is 4.07. The van der Waals surface area contributed by atoms with Crippen molar-refractivity contribution < 1.29 is 9.53 Å². The minimum Gasteiger partial charge on any atom is -0.493 e. The molecule has 0 fully saturated rings. The van der Waals surface area contributed by atoms with E-state index < -0.39 is 0 Å². The maximum atomic E-state index is 12.7. The number of hydrogen-bond donors (Lipinski definition) is 1. The zero-order valence-electron chi connectivity index (χ0n) is 19.5. The van der Waals surface area contributed by atoms with Crippen LogP contribution in [-0.4, -0.2) is 33.0 Å². The van der Waals surface area contributed by atoms with Gasteiger partial charge in [0.2, 0.25) is 5.91 Å². The number of nitrogens with one attached hydrogen (secondary N) is 1. The van der Waals surface area contributed by atoms with Crippen molar-refractivity contribution >= 4 is 23.4 Å². The van der Waals surface area contributed by atoms with Gasteiger partial charge in [0.15, 0.2) is 11.0 Å². The quantitative estimate of drug-likeness (QED) is 0.419. The maximum absolute atomic E-state index is 12.7. The van der Waals surface area contributed by atoms with Crippen molar-refractivity contribution in [2.45, 2.75) is 45.7 Å². The Morgan fingerprint density at radius 2 is 1.72 bits per heavy atom. The number of thioether (sulfide) groups is 1. The summed E-state index contributed by atoms with van der Waals surface area (Å²) in [6, 6.07) is 14.0. The van der Waals surface area contributed by atoms with Gasteiger partial charge in [-0.2, -0.15) is 0 Å². The summed E-state index contributed by atoms with van der Waals surface area (Å²) in [7, 11) is 1.92. The molecule has 170 valence electrons. The molecule has 6 nitrogen and oxygen atoms in total. The van der Waals surface area contributed by atoms with Crippen molar-refractivity contribution in [3.63, 3.8) is 0 Å². The molecule has 0 saturated heterocycles. The number of ether oxygens (including phenoxy) is 1. The maximum Gasteiger partial charge on any atom is 0.234 e. The fourth-order valence-electron chi connectivity index (χ4n) is 3.36. The van der Waals surface area contributed by atoms with Crippen LogP contribution in [0.3, 0.4) is 0 Å². The second kappa shape index (κ2) is 11.2. The van der Waals surface area contributed by atoms with Gasteiger partial charge in [-0.1, -0.05) is 57.7 Å². The second-order valence-electron chi connectivity index (χ2n) is 8.09. The first-order chi connectivity index (χ1) is 15.4. The summed E-state index contributed by atoms with van der Waals surface area (Å²) in [4.78, 5) is 12.7. The molecule has 0 bridgehead atoms. The highest BCUT2D eigenvalue weighted by atomic mass is 32.2. The summed E-state index contributed by atoms with van der Waals surface area (Å²) in [6.45, 7) is 9.14. The second-order valence-corrected chi connectivity index (χ2v) is 9.03. The van der Waals surface area contributed by atoms with Gasteiger partial charge in [0.25, 0.3) is 0 Å². The number of para-hydroxylation sites is 1. The number of aromatic nitrogens is 3. The van der Waals surface area contributed by atoms with E-state index in [2.05, 4.69) is 55.3 Å². The predicted molar refractivity (Wildman–Crippen MR) is 131 cm³/mol. The van der Waals surface area contributed by atoms with E-state index in [1.165, 1.54) is 11.8 Å². The molecule has 0 unspecified atom stereocenters. The van der Waals surface area contributed by atoms with Gasteiger partial charge in [-0.05, 0) is 54.2 Å². The van der Waals surface area contributed by atoms with Crippen LogP contribution >= 0.6 is 11.8 Å². The van der Waals surface area contributed by atoms with E-state index in [-0.39, 0.29) is 11.7 Å². The number of carbonyl (C=O) groups excluding carboxylic acids is 1. The van der Waals surface area contributed by atoms with Crippen molar-refractivity contribution in [1.82, 2.24) is 14.8 Å². The van der Waals surface area contributed by atoms with E-state index in [9.17, 15) is 4.79 Å². The molecule has 0 atom stereocenters. The Labute approximate surface area is 194 Å². The van der Waals surface area contributed by atoms with Crippen LogP contribution in [0.4, 0.5) is 5.69 Å². The number of aryl methyl sites for hydroxylation is 2. The molecule has 3 aromatic rings. The van der Waals surface area contributed by atoms with E-state index in [1.54, 1.807) is 0 Å². The number of benzene rings is 2. The van der Waals surface area contributed by atoms with Gasteiger partial charge >= 0.3 is 0 Å². The van der Waals surface area contributed by atoms with Gasteiger partial charge in [-0.25, -0.2) is 0 Å². The van der Waals surface area contributed by atoms with Crippen molar-refractivity contribution in [3.8, 4) is 17.1 Å². The number of rotatable bonds is 10. The van der Waals surface area contributed by atoms with Crippen LogP contribution in [0.5, 0.6) is 5.75 Å². The third-order valence-electron chi connectivity index (χ3n) is 5.13. The summed E-state index contributed by atoms with van der Waals surface area (Å²) >= 11 is 1.38. The molecule has 1 N–H and O–H groups in total. The topological polar surface area (TPSA) is 69.0 Å². The Morgan fingerprint density at radius 3 is 2.31 bits per heavy atom. The Bertz CT molecular complexity index is 1020. The lowest BCUT2D eigenvalue weighted by Crippen LogP contribution is -2.17. The molecule has 0 aliphatic carbocycles. The van der Waals surface area contributed by atoms with E-state index in [0.29, 0.717) is 17.7 Å². The van der Waals surface area contributed by atoms with Crippen LogP contribution in [0.2, 0.25) is 0 Å². The minimum absolute atomic E-state index is 0.0400. The average Bonchev–Trinajstić information content (AvgIpc) is 3.17. The molecule has 0 saturated carbocycles. The smallest absolute Gasteiger partial charge is 0.234 e. The number of hydrogen-bond acceptors (Lipinski definition) is 5. The molecular formula is C25H32N4O2S. The van der Waals surface area contributed by atoms with Crippen LogP contribution in [0.15, 0.2) is 47.6 Å². The molecule has 1 amide bonds. The van der Waals surface area contributed by atoms with Gasteiger partial charge in [-0.3, -0.25) is 4.79 Å². The van der Waals surface area contributed by atoms with Gasteiger partial charge in [-0.15, -0.1) is 10.2 Å². The molecule has 3 rings (SSSR count). The first-order valence-electron chi connectivity index (χ1n) is 11.1. The van der Waals surface area contributed by atoms with Crippen LogP contribution in [0, 0.1) is 5.92 Å². The molecule has 2 aromatic carbocycles. The van der Waals surface area contributed by atoms with Gasteiger partial charge in [0.05, 0.1) is 12.4 Å². The number of anilines is 1. The summed E-state index contributed by atoms with van der Waals surface area (Å²) in [5.74, 6) is 2.31. The van der Waals surface area contributed by atoms with E-state index in [4.69, 9.17) is 4.74 Å². The van der Waals surface area contributed by atoms with Gasteiger partial charge in [0, 0.05) is 18.3 Å². The van der Waals surface area contributed by atoms with E-state index in [0.717, 1.165) is 46.8 Å². The Balaban J connectivity index is 1.64. The lowest BCUT2D eigenvalue weighted by atomic mass is 10.0. The van der Waals surface area contributed by atoms with Gasteiger partial charge < -0.3 is 14.6 Å². The van der Waals surface area contributed by atoms with Crippen molar-refractivity contribution in [1.29, 1.82) is 0 Å². The average molecular weight is 453 g/mol. The first-order valence-corrected chi connectivity index (χ1v) is 12.1. The Hall–Kier alpha value is -2.80. The molecule has 32 heavy (non-hydrogen) atoms. The standard InChI is InChI=1S/C25H32N4O2S/c1-6-18-9-8-10-19(7-2)23(18)26-22(30)16-32-25-28-27-24(29(25)5)20-11-13-21(14-12-20)31-15-17(3)4/h8-14,17H,6-7,15-16H2,1-5H3,(H,26,30). The number of carbonyl (C=O) groups is 1. The van der Waals surface area contributed by atoms with Crippen molar-refractivity contribution in [2.24, 2.45) is 13.0 Å². The Morgan fingerprint density at radius 1 is 1.06 bits per heavy atom. The van der Waals surface area contributed by atoms with Crippen LogP contribution in [-0.2, 0) is 24.7 Å². The predicted octanol–water partition coefficient (Wildman–Crippen LogP) is 5.37. The molecule has 0 spiro atoms. The van der Waals surface area contributed by atoms with Gasteiger partial charge in [0.1, 0.15) is 5.75 Å². The van der Waals surface area contributed by atoms with E-state index in [1.807, 2.05) is 41.9 Å². The molecule has 0 aliphatic rings. The summed E-state index contributed by atoms with van der Waals surface area (Å²) < 4.78 is 7.67. The third kappa shape index (κ3) is 5.91. The molecular weight excluding hydrogens is 420 g/mol. The molecule has 0 aliphatic heterocycles. The molecule has 1 aromatic heterocycles. The summed E-state index contributed by atoms with van der Waals surface area (Å²) in [5.41, 5.74) is 4.22. The largest absolute Gasteiger partial charge is 0.493 e. The number of amides is 1. The molecule has 7 heteroatoms. The van der Waals surface area contributed by atoms with Crippen LogP contribution in [0.1, 0.15) is 38.8 Å². The van der Waals surface area contributed by atoms with E-state index >= 15 is 0 Å².